The van der Waals surface area contributed by atoms with Gasteiger partial charge in [0.2, 0.25) is 0 Å². The molecule has 1 aromatic rings. The first-order chi connectivity index (χ1) is 7.52. The van der Waals surface area contributed by atoms with Crippen LogP contribution in [0.25, 0.3) is 6.08 Å². The summed E-state index contributed by atoms with van der Waals surface area (Å²) < 4.78 is -0.721. The van der Waals surface area contributed by atoms with E-state index in [0.29, 0.717) is 5.75 Å². The van der Waals surface area contributed by atoms with E-state index < -0.39 is 10.7 Å². The van der Waals surface area contributed by atoms with Crippen LogP contribution in [0.5, 0.6) is 0 Å². The molecular formula is C13H16O2S. The first kappa shape index (κ1) is 12.8. The summed E-state index contributed by atoms with van der Waals surface area (Å²) in [7, 11) is 0. The standard InChI is InChI=1S/C13H16O2S/c1-13(2,12(14)15)16-10-6-9-11-7-4-3-5-8-11/h3-9H,10H2,1-2H3,(H,14,15)/b9-6+. The maximum atomic E-state index is 10.8. The number of thioether (sulfide) groups is 1. The van der Waals surface area contributed by atoms with Crippen molar-refractivity contribution in [1.29, 1.82) is 0 Å². The fraction of sp³-hybridized carbons (Fsp3) is 0.308. The molecule has 0 atom stereocenters. The summed E-state index contributed by atoms with van der Waals surface area (Å²) in [5.41, 5.74) is 1.14. The van der Waals surface area contributed by atoms with E-state index in [2.05, 4.69) is 0 Å². The lowest BCUT2D eigenvalue weighted by atomic mass is 10.2. The average Bonchev–Trinajstić information content (AvgIpc) is 2.26. The Morgan fingerprint density at radius 2 is 2.00 bits per heavy atom. The van der Waals surface area contributed by atoms with Gasteiger partial charge in [-0.1, -0.05) is 42.5 Å². The highest BCUT2D eigenvalue weighted by Crippen LogP contribution is 2.24. The van der Waals surface area contributed by atoms with Gasteiger partial charge >= 0.3 is 5.97 Å². The minimum absolute atomic E-state index is 0.703. The lowest BCUT2D eigenvalue weighted by Gasteiger charge is -2.16. The Morgan fingerprint density at radius 3 is 2.56 bits per heavy atom. The normalized spacial score (nSPS) is 11.9. The maximum Gasteiger partial charge on any atom is 0.319 e. The largest absolute Gasteiger partial charge is 0.480 e. The van der Waals surface area contributed by atoms with Gasteiger partial charge in [0.05, 0.1) is 0 Å². The van der Waals surface area contributed by atoms with Crippen molar-refractivity contribution in [3.63, 3.8) is 0 Å². The van der Waals surface area contributed by atoms with E-state index in [1.165, 1.54) is 11.8 Å². The van der Waals surface area contributed by atoms with Crippen LogP contribution in [0.3, 0.4) is 0 Å². The van der Waals surface area contributed by atoms with E-state index in [1.54, 1.807) is 13.8 Å². The number of carbonyl (C=O) groups is 1. The summed E-state index contributed by atoms with van der Waals surface area (Å²) in [5, 5.41) is 8.91. The zero-order valence-electron chi connectivity index (χ0n) is 9.51. The minimum Gasteiger partial charge on any atom is -0.480 e. The zero-order valence-corrected chi connectivity index (χ0v) is 10.3. The first-order valence-corrected chi connectivity index (χ1v) is 6.10. The number of aliphatic carboxylic acids is 1. The van der Waals surface area contributed by atoms with Gasteiger partial charge in [0.15, 0.2) is 0 Å². The van der Waals surface area contributed by atoms with Crippen molar-refractivity contribution in [3.8, 4) is 0 Å². The van der Waals surface area contributed by atoms with Crippen molar-refractivity contribution in [3.05, 3.63) is 42.0 Å². The van der Waals surface area contributed by atoms with Gasteiger partial charge in [0.25, 0.3) is 0 Å². The Labute approximate surface area is 100 Å². The van der Waals surface area contributed by atoms with E-state index in [1.807, 2.05) is 42.5 Å². The van der Waals surface area contributed by atoms with Crippen LogP contribution in [0.2, 0.25) is 0 Å². The van der Waals surface area contributed by atoms with E-state index in [9.17, 15) is 4.79 Å². The third-order valence-electron chi connectivity index (χ3n) is 2.17. The van der Waals surface area contributed by atoms with Gasteiger partial charge in [-0.3, -0.25) is 4.79 Å². The van der Waals surface area contributed by atoms with Crippen LogP contribution in [0.15, 0.2) is 36.4 Å². The van der Waals surface area contributed by atoms with Crippen LogP contribution in [0.1, 0.15) is 19.4 Å². The molecule has 0 aliphatic carbocycles. The molecule has 1 N–H and O–H groups in total. The molecule has 0 amide bonds. The molecular weight excluding hydrogens is 220 g/mol. The molecule has 16 heavy (non-hydrogen) atoms. The van der Waals surface area contributed by atoms with Gasteiger partial charge in [0.1, 0.15) is 4.75 Å². The summed E-state index contributed by atoms with van der Waals surface area (Å²) in [5.74, 6) is -0.0700. The second-order valence-corrected chi connectivity index (χ2v) is 5.58. The van der Waals surface area contributed by atoms with Crippen molar-refractivity contribution >= 4 is 23.8 Å². The molecule has 0 spiro atoms. The highest BCUT2D eigenvalue weighted by atomic mass is 32.2. The van der Waals surface area contributed by atoms with Gasteiger partial charge in [0, 0.05) is 5.75 Å². The molecule has 0 unspecified atom stereocenters. The number of benzene rings is 1. The lowest BCUT2D eigenvalue weighted by Crippen LogP contribution is -2.27. The fourth-order valence-corrected chi connectivity index (χ4v) is 1.80. The summed E-state index contributed by atoms with van der Waals surface area (Å²) in [6.45, 7) is 3.44. The van der Waals surface area contributed by atoms with E-state index in [4.69, 9.17) is 5.11 Å². The van der Waals surface area contributed by atoms with Crippen molar-refractivity contribution < 1.29 is 9.90 Å². The predicted molar refractivity (Wildman–Crippen MR) is 69.6 cm³/mol. The Kier molecular flexibility index (Phi) is 4.62. The van der Waals surface area contributed by atoms with E-state index in [-0.39, 0.29) is 0 Å². The van der Waals surface area contributed by atoms with Gasteiger partial charge in [-0.25, -0.2) is 0 Å². The zero-order chi connectivity index (χ0) is 12.0. The van der Waals surface area contributed by atoms with Gasteiger partial charge < -0.3 is 5.11 Å². The molecule has 2 nitrogen and oxygen atoms in total. The summed E-state index contributed by atoms with van der Waals surface area (Å²) in [6.07, 6.45) is 4.00. The highest BCUT2D eigenvalue weighted by Gasteiger charge is 2.26. The van der Waals surface area contributed by atoms with Crippen molar-refractivity contribution in [2.75, 3.05) is 5.75 Å². The number of rotatable bonds is 5. The van der Waals surface area contributed by atoms with E-state index in [0.717, 1.165) is 5.56 Å². The van der Waals surface area contributed by atoms with Crippen LogP contribution in [-0.4, -0.2) is 21.6 Å². The second-order valence-electron chi connectivity index (χ2n) is 3.94. The molecule has 3 heteroatoms. The van der Waals surface area contributed by atoms with Crippen LogP contribution in [0.4, 0.5) is 0 Å². The summed E-state index contributed by atoms with van der Waals surface area (Å²) >= 11 is 1.42. The smallest absolute Gasteiger partial charge is 0.319 e. The number of hydrogen-bond donors (Lipinski definition) is 1. The molecule has 0 heterocycles. The Morgan fingerprint density at radius 1 is 1.38 bits per heavy atom. The molecule has 0 aliphatic rings. The number of carboxylic acid groups (broad SMARTS) is 1. The van der Waals surface area contributed by atoms with Crippen LogP contribution in [-0.2, 0) is 4.79 Å². The molecule has 0 aliphatic heterocycles. The first-order valence-electron chi connectivity index (χ1n) is 5.11. The SMILES string of the molecule is CC(C)(SC/C=C/c1ccccc1)C(=O)O. The van der Waals surface area contributed by atoms with Crippen molar-refractivity contribution in [2.45, 2.75) is 18.6 Å². The summed E-state index contributed by atoms with van der Waals surface area (Å²) in [6, 6.07) is 9.97. The Hall–Kier alpha value is -1.22. The third kappa shape index (κ3) is 4.11. The van der Waals surface area contributed by atoms with Crippen molar-refractivity contribution in [2.24, 2.45) is 0 Å². The predicted octanol–water partition coefficient (Wildman–Crippen LogP) is 3.30. The monoisotopic (exact) mass is 236 g/mol. The highest BCUT2D eigenvalue weighted by molar-refractivity contribution is 8.01. The van der Waals surface area contributed by atoms with Gasteiger partial charge in [-0.2, -0.15) is 0 Å². The van der Waals surface area contributed by atoms with Crippen molar-refractivity contribution in [1.82, 2.24) is 0 Å². The third-order valence-corrected chi connectivity index (χ3v) is 3.42. The summed E-state index contributed by atoms with van der Waals surface area (Å²) in [4.78, 5) is 10.8. The van der Waals surface area contributed by atoms with Gasteiger partial charge in [-0.15, -0.1) is 11.8 Å². The van der Waals surface area contributed by atoms with Gasteiger partial charge in [-0.05, 0) is 19.4 Å². The topological polar surface area (TPSA) is 37.3 Å². The van der Waals surface area contributed by atoms with Crippen LogP contribution >= 0.6 is 11.8 Å². The molecule has 0 bridgehead atoms. The van der Waals surface area contributed by atoms with E-state index >= 15 is 0 Å². The van der Waals surface area contributed by atoms with Crippen LogP contribution in [0, 0.1) is 0 Å². The molecule has 0 saturated heterocycles. The fourth-order valence-electron chi connectivity index (χ4n) is 1.07. The van der Waals surface area contributed by atoms with Crippen LogP contribution < -0.4 is 0 Å². The second kappa shape index (κ2) is 5.75. The molecule has 0 fully saturated rings. The minimum atomic E-state index is -0.773. The molecule has 0 radical (unpaired) electrons. The average molecular weight is 236 g/mol. The molecule has 0 saturated carbocycles. The lowest BCUT2D eigenvalue weighted by molar-refractivity contribution is -0.138. The number of hydrogen-bond acceptors (Lipinski definition) is 2. The molecule has 1 rings (SSSR count). The molecule has 86 valence electrons. The molecule has 0 aromatic heterocycles. The number of carboxylic acids is 1. The quantitative estimate of drug-likeness (QED) is 0.852. The molecule has 1 aromatic carbocycles. The Bertz CT molecular complexity index is 369. The Balaban J connectivity index is 2.42. The maximum absolute atomic E-state index is 10.8.